The van der Waals surface area contributed by atoms with Gasteiger partial charge in [0, 0.05) is 17.1 Å². The standard InChI is InChI=1S/C12H12ClNO2/c13-9-3-7-5-10(15)14-11(7)8(4-9)6-12(16)1-2-12/h3-4,16H,1-2,5-6H2,(H,14,15). The first-order valence-corrected chi connectivity index (χ1v) is 5.77. The Hall–Kier alpha value is -1.06. The lowest BCUT2D eigenvalue weighted by Gasteiger charge is -2.12. The van der Waals surface area contributed by atoms with Gasteiger partial charge in [-0.2, -0.15) is 0 Å². The number of aliphatic hydroxyl groups is 1. The second-order valence-corrected chi connectivity index (χ2v) is 5.16. The van der Waals surface area contributed by atoms with Crippen LogP contribution in [0.5, 0.6) is 0 Å². The zero-order valence-electron chi connectivity index (χ0n) is 8.72. The second-order valence-electron chi connectivity index (χ2n) is 4.73. The molecule has 0 saturated heterocycles. The molecule has 4 heteroatoms. The van der Waals surface area contributed by atoms with Gasteiger partial charge in [-0.1, -0.05) is 11.6 Å². The van der Waals surface area contributed by atoms with Gasteiger partial charge in [-0.15, -0.1) is 0 Å². The van der Waals surface area contributed by atoms with E-state index >= 15 is 0 Å². The van der Waals surface area contributed by atoms with Gasteiger partial charge in [0.1, 0.15) is 0 Å². The van der Waals surface area contributed by atoms with Crippen LogP contribution in [0.3, 0.4) is 0 Å². The lowest BCUT2D eigenvalue weighted by Crippen LogP contribution is -2.13. The Morgan fingerprint density at radius 1 is 1.44 bits per heavy atom. The number of carbonyl (C=O) groups is 1. The van der Waals surface area contributed by atoms with Crippen molar-refractivity contribution in [1.82, 2.24) is 0 Å². The van der Waals surface area contributed by atoms with Gasteiger partial charge in [-0.25, -0.2) is 0 Å². The van der Waals surface area contributed by atoms with Gasteiger partial charge in [0.25, 0.3) is 0 Å². The monoisotopic (exact) mass is 237 g/mol. The number of halogens is 1. The molecular formula is C12H12ClNO2. The average Bonchev–Trinajstić information content (AvgIpc) is 2.76. The lowest BCUT2D eigenvalue weighted by atomic mass is 10.0. The number of hydrogen-bond acceptors (Lipinski definition) is 2. The van der Waals surface area contributed by atoms with Crippen molar-refractivity contribution >= 4 is 23.2 Å². The van der Waals surface area contributed by atoms with Crippen LogP contribution >= 0.6 is 11.6 Å². The molecule has 1 heterocycles. The summed E-state index contributed by atoms with van der Waals surface area (Å²) in [7, 11) is 0. The molecule has 2 aliphatic rings. The first-order valence-electron chi connectivity index (χ1n) is 5.39. The number of nitrogens with one attached hydrogen (secondary N) is 1. The largest absolute Gasteiger partial charge is 0.390 e. The molecule has 0 atom stereocenters. The van der Waals surface area contributed by atoms with Crippen LogP contribution in [0.15, 0.2) is 12.1 Å². The highest BCUT2D eigenvalue weighted by atomic mass is 35.5. The minimum atomic E-state index is -0.564. The molecule has 1 saturated carbocycles. The summed E-state index contributed by atoms with van der Waals surface area (Å²) in [4.78, 5) is 11.3. The molecular weight excluding hydrogens is 226 g/mol. The van der Waals surface area contributed by atoms with Gasteiger partial charge in [-0.3, -0.25) is 4.79 Å². The minimum Gasteiger partial charge on any atom is -0.390 e. The van der Waals surface area contributed by atoms with E-state index in [4.69, 9.17) is 11.6 Å². The molecule has 0 bridgehead atoms. The Morgan fingerprint density at radius 3 is 2.88 bits per heavy atom. The fourth-order valence-corrected chi connectivity index (χ4v) is 2.46. The average molecular weight is 238 g/mol. The fourth-order valence-electron chi connectivity index (χ4n) is 2.20. The van der Waals surface area contributed by atoms with Crippen LogP contribution in [0.25, 0.3) is 0 Å². The summed E-state index contributed by atoms with van der Waals surface area (Å²) in [5.74, 6) is 0.00121. The molecule has 1 aliphatic heterocycles. The van der Waals surface area contributed by atoms with Crippen molar-refractivity contribution in [3.8, 4) is 0 Å². The van der Waals surface area contributed by atoms with Crippen LogP contribution in [0.1, 0.15) is 24.0 Å². The van der Waals surface area contributed by atoms with Crippen molar-refractivity contribution < 1.29 is 9.90 Å². The van der Waals surface area contributed by atoms with Crippen LogP contribution in [-0.2, 0) is 17.6 Å². The first kappa shape index (κ1) is 10.1. The van der Waals surface area contributed by atoms with Crippen molar-refractivity contribution in [3.63, 3.8) is 0 Å². The molecule has 1 aromatic rings. The van der Waals surface area contributed by atoms with Crippen molar-refractivity contribution in [1.29, 1.82) is 0 Å². The van der Waals surface area contributed by atoms with E-state index in [0.717, 1.165) is 29.7 Å². The number of anilines is 1. The van der Waals surface area contributed by atoms with Crippen LogP contribution in [0, 0.1) is 0 Å². The summed E-state index contributed by atoms with van der Waals surface area (Å²) in [6, 6.07) is 3.65. The van der Waals surface area contributed by atoms with Crippen LogP contribution in [0.2, 0.25) is 5.02 Å². The van der Waals surface area contributed by atoms with Gasteiger partial charge < -0.3 is 10.4 Å². The molecule has 3 rings (SSSR count). The number of amides is 1. The maximum atomic E-state index is 11.3. The van der Waals surface area contributed by atoms with E-state index in [1.54, 1.807) is 0 Å². The van der Waals surface area contributed by atoms with Crippen LogP contribution in [0.4, 0.5) is 5.69 Å². The third kappa shape index (κ3) is 1.70. The predicted octanol–water partition coefficient (Wildman–Crippen LogP) is 1.90. The molecule has 3 nitrogen and oxygen atoms in total. The summed E-state index contributed by atoms with van der Waals surface area (Å²) >= 11 is 6.00. The molecule has 0 radical (unpaired) electrons. The molecule has 0 spiro atoms. The Morgan fingerprint density at radius 2 is 2.19 bits per heavy atom. The Bertz CT molecular complexity index is 480. The normalized spacial score (nSPS) is 20.5. The zero-order chi connectivity index (χ0) is 11.3. The molecule has 16 heavy (non-hydrogen) atoms. The lowest BCUT2D eigenvalue weighted by molar-refractivity contribution is -0.115. The van der Waals surface area contributed by atoms with Gasteiger partial charge in [0.05, 0.1) is 12.0 Å². The second kappa shape index (κ2) is 3.22. The van der Waals surface area contributed by atoms with Gasteiger partial charge >= 0.3 is 0 Å². The summed E-state index contributed by atoms with van der Waals surface area (Å²) in [6.45, 7) is 0. The maximum Gasteiger partial charge on any atom is 0.228 e. The van der Waals surface area contributed by atoms with E-state index in [9.17, 15) is 9.90 Å². The Kier molecular flexibility index (Phi) is 2.03. The van der Waals surface area contributed by atoms with Crippen molar-refractivity contribution in [2.75, 3.05) is 5.32 Å². The molecule has 0 unspecified atom stereocenters. The zero-order valence-corrected chi connectivity index (χ0v) is 9.47. The fraction of sp³-hybridized carbons (Fsp3) is 0.417. The topological polar surface area (TPSA) is 49.3 Å². The maximum absolute atomic E-state index is 11.3. The number of fused-ring (bicyclic) bond motifs is 1. The van der Waals surface area contributed by atoms with E-state index in [0.29, 0.717) is 17.9 Å². The quantitative estimate of drug-likeness (QED) is 0.826. The van der Waals surface area contributed by atoms with Crippen LogP contribution < -0.4 is 5.32 Å². The molecule has 1 aromatic carbocycles. The SMILES string of the molecule is O=C1Cc2cc(Cl)cc(CC3(O)CC3)c2N1. The van der Waals surface area contributed by atoms with E-state index in [1.165, 1.54) is 0 Å². The highest BCUT2D eigenvalue weighted by Crippen LogP contribution is 2.41. The number of carbonyl (C=O) groups excluding carboxylic acids is 1. The van der Waals surface area contributed by atoms with Gasteiger partial charge in [-0.05, 0) is 36.1 Å². The summed E-state index contributed by atoms with van der Waals surface area (Å²) in [5.41, 5.74) is 2.19. The summed E-state index contributed by atoms with van der Waals surface area (Å²) in [5, 5.41) is 13.4. The van der Waals surface area contributed by atoms with Crippen molar-refractivity contribution in [3.05, 3.63) is 28.3 Å². The third-order valence-electron chi connectivity index (χ3n) is 3.23. The predicted molar refractivity (Wildman–Crippen MR) is 61.7 cm³/mol. The van der Waals surface area contributed by atoms with Gasteiger partial charge in [0.2, 0.25) is 5.91 Å². The minimum absolute atomic E-state index is 0.00121. The van der Waals surface area contributed by atoms with Crippen molar-refractivity contribution in [2.24, 2.45) is 0 Å². The Balaban J connectivity index is 2.01. The van der Waals surface area contributed by atoms with Crippen molar-refractivity contribution in [2.45, 2.75) is 31.3 Å². The third-order valence-corrected chi connectivity index (χ3v) is 3.45. The molecule has 1 fully saturated rings. The highest BCUT2D eigenvalue weighted by molar-refractivity contribution is 6.31. The molecule has 1 amide bonds. The summed E-state index contributed by atoms with van der Waals surface area (Å²) < 4.78 is 0. The summed E-state index contributed by atoms with van der Waals surface area (Å²) in [6.07, 6.45) is 2.64. The number of benzene rings is 1. The van der Waals surface area contributed by atoms with E-state index in [2.05, 4.69) is 5.32 Å². The Labute approximate surface area is 98.4 Å². The van der Waals surface area contributed by atoms with E-state index in [-0.39, 0.29) is 5.91 Å². The molecule has 2 N–H and O–H groups in total. The number of rotatable bonds is 2. The molecule has 1 aliphatic carbocycles. The van der Waals surface area contributed by atoms with Gasteiger partial charge in [0.15, 0.2) is 0 Å². The smallest absolute Gasteiger partial charge is 0.228 e. The van der Waals surface area contributed by atoms with Crippen LogP contribution in [-0.4, -0.2) is 16.6 Å². The molecule has 0 aromatic heterocycles. The first-order chi connectivity index (χ1) is 7.56. The van der Waals surface area contributed by atoms with E-state index in [1.807, 2.05) is 12.1 Å². The number of hydrogen-bond donors (Lipinski definition) is 2. The molecule has 84 valence electrons. The highest BCUT2D eigenvalue weighted by Gasteiger charge is 2.41. The van der Waals surface area contributed by atoms with E-state index < -0.39 is 5.60 Å².